The second-order valence-corrected chi connectivity index (χ2v) is 10.3. The van der Waals surface area contributed by atoms with E-state index in [0.29, 0.717) is 35.0 Å². The molecule has 2 fully saturated rings. The van der Waals surface area contributed by atoms with Gasteiger partial charge in [0.25, 0.3) is 0 Å². The molecular weight excluding hydrogens is 507 g/mol. The lowest BCUT2D eigenvalue weighted by atomic mass is 10.1. The SMILES string of the molecule is CCN(CC)c1ccc(Nc2nc(NCC3CCCN3CC)nc(NC3CCCCCC3)n2)cc1Cl.[Cl-].[H+]. The molecule has 1 saturated carbocycles. The standard InChI is InChI=1S/C27H43ClN8.ClH/c1-4-35(5-2)24-16-15-21(18-23(24)28)31-27-33-25(29-19-22-14-11-17-36(22)6-3)32-26(34-27)30-20-12-9-7-8-10-13-20;/h15-16,18,20,22H,4-14,17,19H2,1-3H3,(H3,29,30,31,32,33,34);1H. The average molecular weight is 552 g/mol. The van der Waals surface area contributed by atoms with Crippen molar-refractivity contribution in [2.24, 2.45) is 0 Å². The fourth-order valence-corrected chi connectivity index (χ4v) is 5.77. The number of benzene rings is 1. The Bertz CT molecular complexity index is 970. The van der Waals surface area contributed by atoms with Gasteiger partial charge in [0.05, 0.1) is 10.7 Å². The Labute approximate surface area is 235 Å². The van der Waals surface area contributed by atoms with E-state index in [4.69, 9.17) is 26.6 Å². The smallest absolute Gasteiger partial charge is 1.00 e. The third kappa shape index (κ3) is 8.23. The molecule has 37 heavy (non-hydrogen) atoms. The number of rotatable bonds is 11. The molecule has 1 atom stereocenters. The van der Waals surface area contributed by atoms with Gasteiger partial charge in [0, 0.05) is 37.4 Å². The molecule has 0 radical (unpaired) electrons. The van der Waals surface area contributed by atoms with Crippen LogP contribution in [-0.4, -0.2) is 64.7 Å². The van der Waals surface area contributed by atoms with Crippen LogP contribution in [0.5, 0.6) is 0 Å². The normalized spacial score (nSPS) is 18.6. The second-order valence-electron chi connectivity index (χ2n) is 9.91. The molecule has 2 aliphatic rings. The van der Waals surface area contributed by atoms with E-state index in [0.717, 1.165) is 50.4 Å². The van der Waals surface area contributed by atoms with Crippen molar-refractivity contribution in [1.82, 2.24) is 19.9 Å². The first-order valence-corrected chi connectivity index (χ1v) is 14.3. The largest absolute Gasteiger partial charge is 1.00 e. The minimum Gasteiger partial charge on any atom is -1.00 e. The number of likely N-dealkylation sites (tertiary alicyclic amines) is 1. The number of hydrogen-bond acceptors (Lipinski definition) is 8. The summed E-state index contributed by atoms with van der Waals surface area (Å²) in [5, 5.41) is 11.2. The van der Waals surface area contributed by atoms with E-state index in [-0.39, 0.29) is 13.8 Å². The lowest BCUT2D eigenvalue weighted by Crippen LogP contribution is -3.00. The van der Waals surface area contributed by atoms with Crippen LogP contribution >= 0.6 is 11.6 Å². The summed E-state index contributed by atoms with van der Waals surface area (Å²) in [6.45, 7) is 11.4. The number of aromatic nitrogens is 3. The molecule has 1 aromatic carbocycles. The molecule has 1 aromatic heterocycles. The minimum atomic E-state index is 0. The molecule has 1 aliphatic heterocycles. The number of anilines is 5. The highest BCUT2D eigenvalue weighted by Crippen LogP contribution is 2.30. The van der Waals surface area contributed by atoms with E-state index in [2.05, 4.69) is 52.6 Å². The highest BCUT2D eigenvalue weighted by atomic mass is 35.5. The predicted molar refractivity (Wildman–Crippen MR) is 153 cm³/mol. The van der Waals surface area contributed by atoms with Crippen LogP contribution in [0.1, 0.15) is 73.6 Å². The number of halogens is 2. The molecule has 4 rings (SSSR count). The maximum atomic E-state index is 6.64. The molecule has 2 aromatic rings. The number of nitrogens with zero attached hydrogens (tertiary/aromatic N) is 5. The van der Waals surface area contributed by atoms with Crippen molar-refractivity contribution in [3.8, 4) is 0 Å². The van der Waals surface area contributed by atoms with E-state index < -0.39 is 0 Å². The van der Waals surface area contributed by atoms with Crippen LogP contribution in [-0.2, 0) is 0 Å². The molecule has 1 saturated heterocycles. The fraction of sp³-hybridized carbons (Fsp3) is 0.667. The lowest BCUT2D eigenvalue weighted by Gasteiger charge is -2.23. The van der Waals surface area contributed by atoms with Crippen molar-refractivity contribution in [2.45, 2.75) is 84.2 Å². The zero-order valence-electron chi connectivity index (χ0n) is 23.6. The summed E-state index contributed by atoms with van der Waals surface area (Å²) in [6.07, 6.45) is 9.92. The maximum absolute atomic E-state index is 6.64. The molecule has 0 amide bonds. The zero-order chi connectivity index (χ0) is 25.3. The van der Waals surface area contributed by atoms with Crippen LogP contribution in [0.2, 0.25) is 5.02 Å². The molecule has 2 heterocycles. The van der Waals surface area contributed by atoms with Crippen LogP contribution in [0.15, 0.2) is 18.2 Å². The molecule has 8 nitrogen and oxygen atoms in total. The van der Waals surface area contributed by atoms with Gasteiger partial charge < -0.3 is 33.3 Å². The first kappa shape index (κ1) is 29.5. The number of likely N-dealkylation sites (N-methyl/N-ethyl adjacent to an activating group) is 1. The average Bonchev–Trinajstić information content (AvgIpc) is 3.19. The van der Waals surface area contributed by atoms with Crippen molar-refractivity contribution in [3.05, 3.63) is 23.2 Å². The third-order valence-electron chi connectivity index (χ3n) is 7.53. The van der Waals surface area contributed by atoms with Gasteiger partial charge in [-0.15, -0.1) is 0 Å². The van der Waals surface area contributed by atoms with Crippen LogP contribution in [0, 0.1) is 0 Å². The van der Waals surface area contributed by atoms with Crippen molar-refractivity contribution in [1.29, 1.82) is 0 Å². The molecule has 10 heteroatoms. The molecule has 1 unspecified atom stereocenters. The van der Waals surface area contributed by atoms with E-state index in [1.165, 1.54) is 45.1 Å². The van der Waals surface area contributed by atoms with Crippen LogP contribution in [0.25, 0.3) is 0 Å². The summed E-state index contributed by atoms with van der Waals surface area (Å²) in [5.41, 5.74) is 1.90. The zero-order valence-corrected chi connectivity index (χ0v) is 24.1. The third-order valence-corrected chi connectivity index (χ3v) is 7.84. The Kier molecular flexibility index (Phi) is 11.8. The monoisotopic (exact) mass is 550 g/mol. The van der Waals surface area contributed by atoms with E-state index in [1.54, 1.807) is 0 Å². The van der Waals surface area contributed by atoms with Gasteiger partial charge in [-0.1, -0.05) is 44.2 Å². The molecule has 0 spiro atoms. The summed E-state index contributed by atoms with van der Waals surface area (Å²) in [6, 6.07) is 6.97. The van der Waals surface area contributed by atoms with Gasteiger partial charge in [0.2, 0.25) is 17.8 Å². The van der Waals surface area contributed by atoms with E-state index >= 15 is 0 Å². The summed E-state index contributed by atoms with van der Waals surface area (Å²) in [4.78, 5) is 19.0. The van der Waals surface area contributed by atoms with Gasteiger partial charge in [-0.2, -0.15) is 15.0 Å². The van der Waals surface area contributed by atoms with Crippen molar-refractivity contribution < 1.29 is 13.8 Å². The van der Waals surface area contributed by atoms with Gasteiger partial charge in [0.1, 0.15) is 0 Å². The summed E-state index contributed by atoms with van der Waals surface area (Å²) in [7, 11) is 0. The molecule has 1 aliphatic carbocycles. The Morgan fingerprint density at radius 1 is 0.946 bits per heavy atom. The summed E-state index contributed by atoms with van der Waals surface area (Å²) < 4.78 is 0. The van der Waals surface area contributed by atoms with Crippen LogP contribution in [0.4, 0.5) is 29.2 Å². The van der Waals surface area contributed by atoms with Crippen molar-refractivity contribution in [3.63, 3.8) is 0 Å². The first-order chi connectivity index (χ1) is 17.6. The Morgan fingerprint density at radius 3 is 2.32 bits per heavy atom. The second kappa shape index (κ2) is 14.8. The van der Waals surface area contributed by atoms with Gasteiger partial charge in [-0.25, -0.2) is 0 Å². The van der Waals surface area contributed by atoms with Crippen molar-refractivity contribution in [2.75, 3.05) is 53.6 Å². The molecule has 206 valence electrons. The van der Waals surface area contributed by atoms with Gasteiger partial charge in [-0.3, -0.25) is 4.90 Å². The van der Waals surface area contributed by atoms with Crippen LogP contribution < -0.4 is 33.3 Å². The van der Waals surface area contributed by atoms with Crippen molar-refractivity contribution >= 4 is 40.8 Å². The first-order valence-electron chi connectivity index (χ1n) is 13.9. The Morgan fingerprint density at radius 2 is 1.65 bits per heavy atom. The molecule has 0 bridgehead atoms. The lowest BCUT2D eigenvalue weighted by molar-refractivity contribution is -0.00000786. The fourth-order valence-electron chi connectivity index (χ4n) is 5.47. The number of hydrogen-bond donors (Lipinski definition) is 3. The Hall–Kier alpha value is -2.03. The quantitative estimate of drug-likeness (QED) is 0.368. The van der Waals surface area contributed by atoms with Gasteiger partial charge in [-0.05, 0) is 70.8 Å². The molecular formula is C27H44Cl2N8. The van der Waals surface area contributed by atoms with E-state index in [9.17, 15) is 0 Å². The summed E-state index contributed by atoms with van der Waals surface area (Å²) >= 11 is 6.64. The van der Waals surface area contributed by atoms with Gasteiger partial charge in [0.15, 0.2) is 0 Å². The predicted octanol–water partition coefficient (Wildman–Crippen LogP) is 3.26. The highest BCUT2D eigenvalue weighted by molar-refractivity contribution is 6.33. The van der Waals surface area contributed by atoms with Crippen LogP contribution in [0.3, 0.4) is 0 Å². The molecule has 3 N–H and O–H groups in total. The number of nitrogens with one attached hydrogen (secondary N) is 3. The minimum absolute atomic E-state index is 0. The van der Waals surface area contributed by atoms with Gasteiger partial charge >= 0.3 is 1.43 Å². The summed E-state index contributed by atoms with van der Waals surface area (Å²) in [5.74, 6) is 1.76. The topological polar surface area (TPSA) is 81.2 Å². The maximum Gasteiger partial charge on any atom is 1.00 e. The van der Waals surface area contributed by atoms with E-state index in [1.807, 2.05) is 12.1 Å². The Balaban J connectivity index is 0.00000253. The highest BCUT2D eigenvalue weighted by Gasteiger charge is 2.23.